The first-order valence-corrected chi connectivity index (χ1v) is 7.68. The van der Waals surface area contributed by atoms with Gasteiger partial charge < -0.3 is 16.4 Å². The monoisotopic (exact) mass is 320 g/mol. The Hall–Kier alpha value is -3.15. The topological polar surface area (TPSA) is 88.8 Å². The molecule has 3 aromatic rings. The number of aromatic nitrogens is 3. The predicted octanol–water partition coefficient (Wildman–Crippen LogP) is 3.87. The lowest BCUT2D eigenvalue weighted by Gasteiger charge is -2.14. The standard InChI is InChI=1S/C18H20N6/c1-11-7-8-20-15(9-11)24-18-16(19)17(21-10-22-18)23-14-6-4-5-12(2)13(14)3/h4-10H,19H2,1-3H3,(H2,20,21,22,23,24). The molecule has 0 bridgehead atoms. The van der Waals surface area contributed by atoms with E-state index in [0.29, 0.717) is 23.1 Å². The predicted molar refractivity (Wildman–Crippen MR) is 97.9 cm³/mol. The minimum Gasteiger partial charge on any atom is -0.393 e. The van der Waals surface area contributed by atoms with E-state index in [1.165, 1.54) is 11.9 Å². The van der Waals surface area contributed by atoms with Crippen LogP contribution in [-0.4, -0.2) is 15.0 Å². The van der Waals surface area contributed by atoms with E-state index in [-0.39, 0.29) is 0 Å². The molecule has 0 spiro atoms. The van der Waals surface area contributed by atoms with Gasteiger partial charge in [-0.25, -0.2) is 15.0 Å². The molecular formula is C18H20N6. The summed E-state index contributed by atoms with van der Waals surface area (Å²) in [7, 11) is 0. The summed E-state index contributed by atoms with van der Waals surface area (Å²) in [5.41, 5.74) is 11.1. The normalized spacial score (nSPS) is 10.5. The van der Waals surface area contributed by atoms with Crippen LogP contribution in [0.5, 0.6) is 0 Å². The van der Waals surface area contributed by atoms with Crippen LogP contribution in [0.15, 0.2) is 42.9 Å². The zero-order valence-corrected chi connectivity index (χ0v) is 14.0. The van der Waals surface area contributed by atoms with Gasteiger partial charge in [0.1, 0.15) is 17.8 Å². The minimum atomic E-state index is 0.446. The Balaban J connectivity index is 1.89. The Morgan fingerprint density at radius 2 is 1.67 bits per heavy atom. The molecule has 24 heavy (non-hydrogen) atoms. The van der Waals surface area contributed by atoms with E-state index in [2.05, 4.69) is 45.5 Å². The summed E-state index contributed by atoms with van der Waals surface area (Å²) in [6, 6.07) is 9.93. The van der Waals surface area contributed by atoms with Crippen LogP contribution in [0.25, 0.3) is 0 Å². The molecule has 0 aliphatic carbocycles. The van der Waals surface area contributed by atoms with E-state index >= 15 is 0 Å². The van der Waals surface area contributed by atoms with Crippen molar-refractivity contribution < 1.29 is 0 Å². The number of nitrogens with two attached hydrogens (primary N) is 1. The molecule has 0 amide bonds. The van der Waals surface area contributed by atoms with Gasteiger partial charge in [0.25, 0.3) is 0 Å². The summed E-state index contributed by atoms with van der Waals surface area (Å²) < 4.78 is 0. The summed E-state index contributed by atoms with van der Waals surface area (Å²) in [5.74, 6) is 1.78. The molecule has 6 heteroatoms. The van der Waals surface area contributed by atoms with Crippen molar-refractivity contribution in [2.24, 2.45) is 0 Å². The minimum absolute atomic E-state index is 0.446. The lowest BCUT2D eigenvalue weighted by atomic mass is 10.1. The number of hydrogen-bond acceptors (Lipinski definition) is 6. The lowest BCUT2D eigenvalue weighted by Crippen LogP contribution is -2.06. The molecule has 0 unspecified atom stereocenters. The largest absolute Gasteiger partial charge is 0.393 e. The van der Waals surface area contributed by atoms with Gasteiger partial charge >= 0.3 is 0 Å². The molecule has 0 atom stereocenters. The first kappa shape index (κ1) is 15.7. The number of nitrogen functional groups attached to an aromatic ring is 1. The zero-order chi connectivity index (χ0) is 17.1. The van der Waals surface area contributed by atoms with Crippen molar-refractivity contribution in [2.75, 3.05) is 16.4 Å². The van der Waals surface area contributed by atoms with Crippen LogP contribution < -0.4 is 16.4 Å². The van der Waals surface area contributed by atoms with Gasteiger partial charge in [0, 0.05) is 11.9 Å². The summed E-state index contributed by atoms with van der Waals surface area (Å²) >= 11 is 0. The summed E-state index contributed by atoms with van der Waals surface area (Å²) in [6.45, 7) is 6.13. The third-order valence-corrected chi connectivity index (χ3v) is 3.90. The number of nitrogens with zero attached hydrogens (tertiary/aromatic N) is 3. The second-order valence-corrected chi connectivity index (χ2v) is 5.70. The first-order valence-electron chi connectivity index (χ1n) is 7.68. The van der Waals surface area contributed by atoms with Gasteiger partial charge in [-0.1, -0.05) is 12.1 Å². The number of hydrogen-bond donors (Lipinski definition) is 3. The molecular weight excluding hydrogens is 300 g/mol. The van der Waals surface area contributed by atoms with Gasteiger partial charge in [-0.2, -0.15) is 0 Å². The van der Waals surface area contributed by atoms with Crippen LogP contribution >= 0.6 is 0 Å². The van der Waals surface area contributed by atoms with Crippen molar-refractivity contribution in [3.63, 3.8) is 0 Å². The van der Waals surface area contributed by atoms with Crippen LogP contribution in [-0.2, 0) is 0 Å². The summed E-state index contributed by atoms with van der Waals surface area (Å²) in [4.78, 5) is 12.7. The maximum absolute atomic E-state index is 6.23. The molecule has 0 aliphatic rings. The van der Waals surface area contributed by atoms with Crippen molar-refractivity contribution >= 4 is 28.8 Å². The van der Waals surface area contributed by atoms with Crippen LogP contribution in [0, 0.1) is 20.8 Å². The van der Waals surface area contributed by atoms with Crippen LogP contribution in [0.2, 0.25) is 0 Å². The Morgan fingerprint density at radius 1 is 0.917 bits per heavy atom. The highest BCUT2D eigenvalue weighted by Crippen LogP contribution is 2.29. The van der Waals surface area contributed by atoms with Gasteiger partial charge in [0.05, 0.1) is 0 Å². The Morgan fingerprint density at radius 3 is 2.42 bits per heavy atom. The maximum Gasteiger partial charge on any atom is 0.160 e. The number of pyridine rings is 1. The average molecular weight is 320 g/mol. The third kappa shape index (κ3) is 3.27. The zero-order valence-electron chi connectivity index (χ0n) is 14.0. The van der Waals surface area contributed by atoms with E-state index in [0.717, 1.165) is 16.8 Å². The number of rotatable bonds is 4. The molecule has 0 aliphatic heterocycles. The van der Waals surface area contributed by atoms with Crippen molar-refractivity contribution in [3.8, 4) is 0 Å². The molecule has 0 radical (unpaired) electrons. The third-order valence-electron chi connectivity index (χ3n) is 3.90. The van der Waals surface area contributed by atoms with Gasteiger partial charge in [0.15, 0.2) is 11.6 Å². The molecule has 2 heterocycles. The van der Waals surface area contributed by atoms with Gasteiger partial charge in [-0.15, -0.1) is 0 Å². The van der Waals surface area contributed by atoms with E-state index in [1.54, 1.807) is 6.20 Å². The van der Waals surface area contributed by atoms with Crippen LogP contribution in [0.1, 0.15) is 16.7 Å². The number of aryl methyl sites for hydroxylation is 2. The van der Waals surface area contributed by atoms with Gasteiger partial charge in [-0.05, 0) is 55.7 Å². The highest BCUT2D eigenvalue weighted by molar-refractivity contribution is 5.80. The van der Waals surface area contributed by atoms with E-state index in [9.17, 15) is 0 Å². The van der Waals surface area contributed by atoms with Crippen LogP contribution in [0.4, 0.5) is 28.8 Å². The molecule has 3 rings (SSSR count). The Kier molecular flexibility index (Phi) is 4.29. The number of benzene rings is 1. The Labute approximate surface area is 141 Å². The van der Waals surface area contributed by atoms with Crippen molar-refractivity contribution in [1.82, 2.24) is 15.0 Å². The fraction of sp³-hybridized carbons (Fsp3) is 0.167. The van der Waals surface area contributed by atoms with Gasteiger partial charge in [0.2, 0.25) is 0 Å². The Bertz CT molecular complexity index is 875. The molecule has 0 saturated heterocycles. The quantitative estimate of drug-likeness (QED) is 0.676. The molecule has 122 valence electrons. The van der Waals surface area contributed by atoms with E-state index in [4.69, 9.17) is 5.73 Å². The molecule has 1 aromatic carbocycles. The SMILES string of the molecule is Cc1ccnc(Nc2ncnc(Nc3cccc(C)c3C)c2N)c1. The average Bonchev–Trinajstić information content (AvgIpc) is 2.55. The second kappa shape index (κ2) is 6.54. The molecule has 6 nitrogen and oxygen atoms in total. The molecule has 0 fully saturated rings. The summed E-state index contributed by atoms with van der Waals surface area (Å²) in [5, 5.41) is 6.42. The number of nitrogens with one attached hydrogen (secondary N) is 2. The van der Waals surface area contributed by atoms with Crippen molar-refractivity contribution in [1.29, 1.82) is 0 Å². The van der Waals surface area contributed by atoms with E-state index in [1.807, 2.05) is 31.2 Å². The highest BCUT2D eigenvalue weighted by Gasteiger charge is 2.10. The number of anilines is 5. The maximum atomic E-state index is 6.23. The second-order valence-electron chi connectivity index (χ2n) is 5.70. The van der Waals surface area contributed by atoms with Crippen molar-refractivity contribution in [2.45, 2.75) is 20.8 Å². The molecule has 4 N–H and O–H groups in total. The lowest BCUT2D eigenvalue weighted by molar-refractivity contribution is 1.16. The van der Waals surface area contributed by atoms with E-state index < -0.39 is 0 Å². The highest BCUT2D eigenvalue weighted by atomic mass is 15.1. The smallest absolute Gasteiger partial charge is 0.160 e. The van der Waals surface area contributed by atoms with Crippen LogP contribution in [0.3, 0.4) is 0 Å². The van der Waals surface area contributed by atoms with Crippen molar-refractivity contribution in [3.05, 3.63) is 59.5 Å². The molecule has 0 saturated carbocycles. The first-order chi connectivity index (χ1) is 11.5. The fourth-order valence-corrected chi connectivity index (χ4v) is 2.33. The molecule has 2 aromatic heterocycles. The fourth-order valence-electron chi connectivity index (χ4n) is 2.33. The van der Waals surface area contributed by atoms with Gasteiger partial charge in [-0.3, -0.25) is 0 Å². The summed E-state index contributed by atoms with van der Waals surface area (Å²) in [6.07, 6.45) is 3.21.